The Labute approximate surface area is 704 Å². The minimum atomic E-state index is -4.65. The lowest BCUT2D eigenvalue weighted by atomic mass is 9.93. The number of hydrogen-bond acceptors (Lipinski definition) is 24. The number of aromatic nitrogens is 15. The van der Waals surface area contributed by atoms with Gasteiger partial charge in [-0.3, -0.25) is 14.4 Å². The molecule has 3 aliphatic heterocycles. The quantitative estimate of drug-likeness (QED) is 0.0404. The van der Waals surface area contributed by atoms with Gasteiger partial charge in [0.2, 0.25) is 27.3 Å². The van der Waals surface area contributed by atoms with Crippen molar-refractivity contribution in [2.75, 3.05) is 42.3 Å². The number of benzene rings is 3. The molecule has 0 saturated carbocycles. The summed E-state index contributed by atoms with van der Waals surface area (Å²) < 4.78 is 136. The summed E-state index contributed by atoms with van der Waals surface area (Å²) in [4.78, 5) is 106. The van der Waals surface area contributed by atoms with Gasteiger partial charge in [-0.05, 0) is 143 Å². The zero-order valence-electron chi connectivity index (χ0n) is 69.2. The number of thiazole rings is 3. The van der Waals surface area contributed by atoms with Crippen molar-refractivity contribution in [2.24, 2.45) is 0 Å². The molecular weight excluding hydrogens is 1670 g/mol. The molecule has 0 saturated heterocycles. The minimum Gasteiger partial charge on any atom is -0.444 e. The van der Waals surface area contributed by atoms with Crippen LogP contribution < -0.4 is 38.4 Å². The van der Waals surface area contributed by atoms with E-state index in [2.05, 4.69) is 60.8 Å². The van der Waals surface area contributed by atoms with E-state index in [4.69, 9.17) is 15.2 Å². The average Bonchev–Trinajstić information content (AvgIpc) is 1.60. The number of nitrogens with two attached hydrogens (primary N) is 1. The lowest BCUT2D eigenvalue weighted by Crippen LogP contribution is -2.39. The Morgan fingerprint density at radius 2 is 0.826 bits per heavy atom. The van der Waals surface area contributed by atoms with E-state index in [1.165, 1.54) is 52.8 Å². The van der Waals surface area contributed by atoms with Crippen molar-refractivity contribution >= 4 is 120 Å². The van der Waals surface area contributed by atoms with E-state index in [0.717, 1.165) is 102 Å². The molecule has 41 heteroatoms. The molecule has 0 radical (unpaired) electrons. The van der Waals surface area contributed by atoms with Gasteiger partial charge in [0.1, 0.15) is 47.0 Å². The van der Waals surface area contributed by atoms with Gasteiger partial charge in [0.25, 0.3) is 16.7 Å². The summed E-state index contributed by atoms with van der Waals surface area (Å²) in [7, 11) is 0. The van der Waals surface area contributed by atoms with E-state index in [0.29, 0.717) is 68.9 Å². The molecule has 0 aliphatic carbocycles. The van der Waals surface area contributed by atoms with Crippen molar-refractivity contribution in [2.45, 2.75) is 214 Å². The predicted octanol–water partition coefficient (Wildman–Crippen LogP) is 16.4. The average molecular weight is 1760 g/mol. The molecule has 3 aromatic carbocycles. The van der Waals surface area contributed by atoms with Crippen LogP contribution in [0.15, 0.2) is 109 Å². The van der Waals surface area contributed by atoms with Gasteiger partial charge in [-0.2, -0.15) is 49.5 Å². The normalized spacial score (nSPS) is 14.1. The molecule has 0 bridgehead atoms. The molecule has 121 heavy (non-hydrogen) atoms. The van der Waals surface area contributed by atoms with Gasteiger partial charge in [0.15, 0.2) is 22.1 Å². The third-order valence-corrected chi connectivity index (χ3v) is 21.9. The topological polar surface area (TPSA) is 318 Å². The van der Waals surface area contributed by atoms with Crippen LogP contribution in [0, 0.1) is 0 Å². The van der Waals surface area contributed by atoms with Gasteiger partial charge >= 0.3 is 30.7 Å². The third-order valence-electron chi connectivity index (χ3n) is 18.9. The van der Waals surface area contributed by atoms with Crippen LogP contribution in [0.5, 0.6) is 0 Å². The number of thioether (sulfide) groups is 1. The van der Waals surface area contributed by atoms with Crippen LogP contribution in [0.3, 0.4) is 0 Å². The number of anilines is 5. The number of hydrogen-bond donors (Lipinski definition) is 4. The fourth-order valence-electron chi connectivity index (χ4n) is 12.9. The first-order valence-electron chi connectivity index (χ1n) is 38.2. The Morgan fingerprint density at radius 3 is 1.19 bits per heavy atom. The fraction of sp³-hybridized carbons (Fsp3) is 0.450. The Bertz CT molecular complexity index is 6040. The van der Waals surface area contributed by atoms with E-state index in [9.17, 15) is 63.5 Å². The third kappa shape index (κ3) is 21.8. The first kappa shape index (κ1) is 89.5. The molecule has 28 nitrogen and oxygen atoms in total. The lowest BCUT2D eigenvalue weighted by Gasteiger charge is -2.31. The van der Waals surface area contributed by atoms with Gasteiger partial charge in [-0.15, -0.1) is 34.0 Å². The number of nitrogens with zero attached hydrogens (tertiary/aromatic N) is 17. The number of alkyl halides is 9. The highest BCUT2D eigenvalue weighted by molar-refractivity contribution is 7.98. The molecule has 12 heterocycles. The SMILES string of the molecule is CC(C)(C)OC(=O)N1CCc2ccc(N)cc2C1.CC(C)(C)OC(=O)N1CCc2ccc(Nc3ncc4c(=O)n(CC(F)(F)F)n(-c5nc(C(C)(C)C)cs5)c4n3)cc2C1.CC(C)(C)c1csc(-n2c3nc(Nc4ccc5c(c4)CNCC5)ncc3c(=O)n2CC(F)(F)F)n1.CSc1ncc2c(=O)n(CC(F)(F)F)n(-c3nc(C(C)(C)C)cs3)c2n1. The molecule has 5 N–H and O–H groups in total. The summed E-state index contributed by atoms with van der Waals surface area (Å²) in [5.74, 6) is 0.263. The number of fused-ring (bicyclic) bond motifs is 6. The molecule has 9 aromatic heterocycles. The molecule has 0 fully saturated rings. The highest BCUT2D eigenvalue weighted by Crippen LogP contribution is 2.35. The molecule has 15 rings (SSSR count). The van der Waals surface area contributed by atoms with Gasteiger partial charge in [0.05, 0.1) is 17.1 Å². The highest BCUT2D eigenvalue weighted by Gasteiger charge is 2.38. The second kappa shape index (κ2) is 34.3. The monoisotopic (exact) mass is 1760 g/mol. The van der Waals surface area contributed by atoms with Crippen LogP contribution in [-0.4, -0.2) is 151 Å². The van der Waals surface area contributed by atoms with Crippen molar-refractivity contribution in [1.29, 1.82) is 0 Å². The van der Waals surface area contributed by atoms with Crippen molar-refractivity contribution < 1.29 is 58.6 Å². The molecule has 0 unspecified atom stereocenters. The Hall–Kier alpha value is -10.8. The number of carbonyl (C=O) groups excluding carboxylic acids is 2. The Kier molecular flexibility index (Phi) is 25.3. The van der Waals surface area contributed by atoms with Crippen LogP contribution >= 0.6 is 45.8 Å². The lowest BCUT2D eigenvalue weighted by molar-refractivity contribution is -0.144. The van der Waals surface area contributed by atoms with Crippen LogP contribution in [0.25, 0.3) is 48.5 Å². The van der Waals surface area contributed by atoms with Crippen LogP contribution in [0.2, 0.25) is 0 Å². The zero-order chi connectivity index (χ0) is 88.2. The molecule has 0 atom stereocenters. The Balaban J connectivity index is 0.000000154. The number of amides is 2. The number of carbonyl (C=O) groups is 2. The standard InChI is InChI=1S/C28H32F3N7O3S.C23H24F3N7OS.C15H16F3N5OS2.C14H20N2O2/c1-26(2,3)20-14-42-24(34-20)38-21-19(22(39)37(38)15-28(29,30)31)12-32-23(35-21)33-18-8-7-16-9-10-36(13-17(16)11-18)25(40)41-27(4,5)6;1-22(2,3)17-11-35-21(30-17)33-18-16(19(34)32(33)12-23(24,25)26)10-28-20(31-18)29-15-5-4-13-6-7-27-9-14(13)8-15;1-14(2,3)9-6-26-13(20-9)23-10-8(5-19-12(21-10)25-4)11(24)22(23)7-15(16,17)18;1-14(2,3)18-13(17)16-7-6-10-4-5-12(15)8-11(10)9-16/h7-8,11-12,14H,9-10,13,15H2,1-6H3,(H,32,33,35);4-5,8,10-11,27H,6-7,9,12H2,1-3H3,(H,28,29,31);5-6H,7H2,1-4H3;4-5,8H,6-7,9,15H2,1-3H3. The molecule has 646 valence electrons. The summed E-state index contributed by atoms with van der Waals surface area (Å²) in [6.07, 6.45) is -6.50. The number of halogens is 9. The van der Waals surface area contributed by atoms with Gasteiger partial charge in [-0.1, -0.05) is 92.3 Å². The van der Waals surface area contributed by atoms with Gasteiger partial charge in [-0.25, -0.2) is 72.6 Å². The predicted molar refractivity (Wildman–Crippen MR) is 449 cm³/mol. The Morgan fingerprint density at radius 1 is 0.471 bits per heavy atom. The maximum Gasteiger partial charge on any atom is 0.410 e. The van der Waals surface area contributed by atoms with Crippen LogP contribution in [0.1, 0.15) is 154 Å². The van der Waals surface area contributed by atoms with Crippen molar-refractivity contribution in [3.63, 3.8) is 0 Å². The number of ether oxygens (including phenoxy) is 2. The van der Waals surface area contributed by atoms with E-state index in [1.807, 2.05) is 158 Å². The van der Waals surface area contributed by atoms with E-state index in [1.54, 1.807) is 32.2 Å². The smallest absolute Gasteiger partial charge is 0.410 e. The highest BCUT2D eigenvalue weighted by atomic mass is 32.2. The first-order valence-corrected chi connectivity index (χ1v) is 42.1. The molecular formula is C80H92F9N21O7S4. The maximum atomic E-state index is 13.5. The molecule has 0 spiro atoms. The second-order valence-electron chi connectivity index (χ2n) is 34.1. The number of nitrogens with one attached hydrogen (secondary N) is 3. The minimum absolute atomic E-state index is 0.00520. The summed E-state index contributed by atoms with van der Waals surface area (Å²) in [5.41, 5.74) is 12.5. The second-order valence-corrected chi connectivity index (χ2v) is 37.4. The van der Waals surface area contributed by atoms with Crippen LogP contribution in [-0.2, 0) is 84.2 Å². The largest absolute Gasteiger partial charge is 0.444 e. The zero-order valence-corrected chi connectivity index (χ0v) is 72.5. The summed E-state index contributed by atoms with van der Waals surface area (Å²) >= 11 is 4.70. The summed E-state index contributed by atoms with van der Waals surface area (Å²) in [6, 6.07) is 17.5. The number of nitrogen functional groups attached to an aromatic ring is 1. The fourth-order valence-corrected chi connectivity index (χ4v) is 16.4. The van der Waals surface area contributed by atoms with Crippen LogP contribution in [0.4, 0.5) is 78.1 Å². The summed E-state index contributed by atoms with van der Waals surface area (Å²) in [5, 5.41) is 15.9. The van der Waals surface area contributed by atoms with E-state index in [-0.39, 0.29) is 82.7 Å². The number of rotatable bonds is 11. The molecule has 3 aliphatic rings. The maximum absolute atomic E-state index is 13.5. The molecule has 2 amide bonds. The van der Waals surface area contributed by atoms with E-state index >= 15 is 0 Å². The van der Waals surface area contributed by atoms with E-state index < -0.39 is 72.1 Å². The first-order chi connectivity index (χ1) is 56.3. The van der Waals surface area contributed by atoms with Crippen molar-refractivity contribution in [1.82, 2.24) is 88.1 Å². The summed E-state index contributed by atoms with van der Waals surface area (Å²) in [6.45, 7) is 28.1. The molecule has 12 aromatic rings. The van der Waals surface area contributed by atoms with Crippen molar-refractivity contribution in [3.8, 4) is 15.4 Å². The van der Waals surface area contributed by atoms with Gasteiger partial charge < -0.3 is 41.0 Å². The van der Waals surface area contributed by atoms with Crippen molar-refractivity contribution in [3.05, 3.63) is 171 Å². The van der Waals surface area contributed by atoms with Gasteiger partial charge in [0, 0.05) is 101 Å².